The van der Waals surface area contributed by atoms with Crippen molar-refractivity contribution in [1.82, 2.24) is 0 Å². The van der Waals surface area contributed by atoms with Gasteiger partial charge in [0.15, 0.2) is 17.3 Å². The lowest BCUT2D eigenvalue weighted by Gasteiger charge is -2.11. The number of rotatable bonds is 5. The zero-order valence-electron chi connectivity index (χ0n) is 11.7. The van der Waals surface area contributed by atoms with Gasteiger partial charge in [-0.05, 0) is 29.8 Å². The number of hydrogen-bond donors (Lipinski definition) is 0. The third kappa shape index (κ3) is 3.69. The second-order valence-corrected chi connectivity index (χ2v) is 5.26. The summed E-state index contributed by atoms with van der Waals surface area (Å²) in [6.07, 6.45) is 0.267. The lowest BCUT2D eigenvalue weighted by Crippen LogP contribution is -2.05. The Hall–Kier alpha value is -1.71. The lowest BCUT2D eigenvalue weighted by molar-refractivity contribution is 0.0992. The molecule has 0 saturated carbocycles. The second-order valence-electron chi connectivity index (χ2n) is 4.42. The first-order valence-electron chi connectivity index (χ1n) is 6.24. The van der Waals surface area contributed by atoms with E-state index in [1.54, 1.807) is 24.3 Å². The number of halogens is 2. The minimum Gasteiger partial charge on any atom is -0.493 e. The third-order valence-electron chi connectivity index (χ3n) is 3.03. The van der Waals surface area contributed by atoms with Crippen molar-refractivity contribution in [2.45, 2.75) is 6.42 Å². The van der Waals surface area contributed by atoms with E-state index in [2.05, 4.69) is 0 Å². The molecule has 21 heavy (non-hydrogen) atoms. The Bertz CT molecular complexity index is 651. The predicted octanol–water partition coefficient (Wildman–Crippen LogP) is 4.44. The maximum absolute atomic E-state index is 12.3. The topological polar surface area (TPSA) is 35.5 Å². The molecule has 0 fully saturated rings. The summed E-state index contributed by atoms with van der Waals surface area (Å²) >= 11 is 11.9. The van der Waals surface area contributed by atoms with Gasteiger partial charge in [-0.3, -0.25) is 4.79 Å². The van der Waals surface area contributed by atoms with Crippen molar-refractivity contribution in [3.63, 3.8) is 0 Å². The van der Waals surface area contributed by atoms with Crippen LogP contribution in [0, 0.1) is 0 Å². The van der Waals surface area contributed by atoms with E-state index in [9.17, 15) is 4.79 Å². The molecule has 0 aliphatic carbocycles. The van der Waals surface area contributed by atoms with Crippen molar-refractivity contribution in [3.8, 4) is 11.5 Å². The van der Waals surface area contributed by atoms with Gasteiger partial charge in [0, 0.05) is 17.0 Å². The number of Topliss-reactive ketones (excluding diaryl/α,β-unsaturated/α-hetero) is 1. The molecule has 0 spiro atoms. The minimum absolute atomic E-state index is 0.0554. The molecule has 0 aliphatic rings. The van der Waals surface area contributed by atoms with Gasteiger partial charge in [-0.25, -0.2) is 0 Å². The highest BCUT2D eigenvalue weighted by Crippen LogP contribution is 2.36. The van der Waals surface area contributed by atoms with Crippen molar-refractivity contribution in [2.75, 3.05) is 14.2 Å². The first kappa shape index (κ1) is 15.7. The molecule has 110 valence electrons. The molecule has 0 amide bonds. The van der Waals surface area contributed by atoms with Gasteiger partial charge in [0.1, 0.15) is 0 Å². The zero-order chi connectivity index (χ0) is 15.4. The molecular weight excluding hydrogens is 311 g/mol. The molecular formula is C16H14Cl2O3. The average molecular weight is 325 g/mol. The first-order chi connectivity index (χ1) is 10.0. The molecule has 0 saturated heterocycles. The van der Waals surface area contributed by atoms with Gasteiger partial charge in [-0.15, -0.1) is 0 Å². The molecule has 5 heteroatoms. The molecule has 2 aromatic rings. The van der Waals surface area contributed by atoms with Crippen LogP contribution in [0.5, 0.6) is 11.5 Å². The highest BCUT2D eigenvalue weighted by atomic mass is 35.5. The smallest absolute Gasteiger partial charge is 0.179 e. The number of methoxy groups -OCH3 is 2. The highest BCUT2D eigenvalue weighted by Gasteiger charge is 2.15. The Labute approximate surface area is 133 Å². The van der Waals surface area contributed by atoms with Crippen LogP contribution in [0.2, 0.25) is 10.0 Å². The molecule has 2 aromatic carbocycles. The molecule has 0 radical (unpaired) electrons. The van der Waals surface area contributed by atoms with Crippen LogP contribution in [-0.2, 0) is 6.42 Å². The van der Waals surface area contributed by atoms with Crippen LogP contribution in [0.1, 0.15) is 15.9 Å². The summed E-state index contributed by atoms with van der Waals surface area (Å²) in [5.74, 6) is 0.798. The van der Waals surface area contributed by atoms with Gasteiger partial charge in [-0.2, -0.15) is 0 Å². The van der Waals surface area contributed by atoms with Crippen LogP contribution in [-0.4, -0.2) is 20.0 Å². The van der Waals surface area contributed by atoms with E-state index in [1.807, 2.05) is 12.1 Å². The number of benzene rings is 2. The quantitative estimate of drug-likeness (QED) is 0.763. The van der Waals surface area contributed by atoms with Gasteiger partial charge < -0.3 is 9.47 Å². The summed E-state index contributed by atoms with van der Waals surface area (Å²) in [5.41, 5.74) is 1.36. The van der Waals surface area contributed by atoms with Crippen LogP contribution >= 0.6 is 23.2 Å². The molecule has 0 aliphatic heterocycles. The van der Waals surface area contributed by atoms with Crippen molar-refractivity contribution >= 4 is 29.0 Å². The summed E-state index contributed by atoms with van der Waals surface area (Å²) in [7, 11) is 3.00. The highest BCUT2D eigenvalue weighted by molar-refractivity contribution is 6.32. The van der Waals surface area contributed by atoms with Gasteiger partial charge in [0.05, 0.1) is 19.2 Å². The maximum atomic E-state index is 12.3. The van der Waals surface area contributed by atoms with E-state index >= 15 is 0 Å². The van der Waals surface area contributed by atoms with Crippen LogP contribution in [0.25, 0.3) is 0 Å². The summed E-state index contributed by atoms with van der Waals surface area (Å²) in [6, 6.07) is 10.4. The zero-order valence-corrected chi connectivity index (χ0v) is 13.2. The van der Waals surface area contributed by atoms with Crippen molar-refractivity contribution in [3.05, 3.63) is 57.6 Å². The summed E-state index contributed by atoms with van der Waals surface area (Å²) < 4.78 is 10.3. The van der Waals surface area contributed by atoms with Gasteiger partial charge in [-0.1, -0.05) is 35.3 Å². The summed E-state index contributed by atoms with van der Waals surface area (Å²) in [4.78, 5) is 12.3. The van der Waals surface area contributed by atoms with Gasteiger partial charge in [0.25, 0.3) is 0 Å². The van der Waals surface area contributed by atoms with Crippen molar-refractivity contribution in [1.29, 1.82) is 0 Å². The van der Waals surface area contributed by atoms with Gasteiger partial charge >= 0.3 is 0 Å². The second kappa shape index (κ2) is 6.83. The van der Waals surface area contributed by atoms with Gasteiger partial charge in [0.2, 0.25) is 0 Å². The minimum atomic E-state index is -0.0554. The third-order valence-corrected chi connectivity index (χ3v) is 3.57. The largest absolute Gasteiger partial charge is 0.493 e. The number of ketones is 1. The molecule has 2 rings (SSSR count). The maximum Gasteiger partial charge on any atom is 0.179 e. The normalized spacial score (nSPS) is 10.3. The number of hydrogen-bond acceptors (Lipinski definition) is 3. The fourth-order valence-corrected chi connectivity index (χ4v) is 2.38. The van der Waals surface area contributed by atoms with E-state index in [4.69, 9.17) is 32.7 Å². The Kier molecular flexibility index (Phi) is 5.10. The monoisotopic (exact) mass is 324 g/mol. The van der Waals surface area contributed by atoms with E-state index < -0.39 is 0 Å². The fraction of sp³-hybridized carbons (Fsp3) is 0.188. The Morgan fingerprint density at radius 2 is 1.71 bits per heavy atom. The molecule has 0 unspecified atom stereocenters. The van der Waals surface area contributed by atoms with Crippen LogP contribution < -0.4 is 9.47 Å². The van der Waals surface area contributed by atoms with Crippen molar-refractivity contribution in [2.24, 2.45) is 0 Å². The predicted molar refractivity (Wildman–Crippen MR) is 84.0 cm³/mol. The summed E-state index contributed by atoms with van der Waals surface area (Å²) in [5, 5.41) is 0.983. The number of carbonyl (C=O) groups excluding carboxylic acids is 1. The molecule has 0 atom stereocenters. The van der Waals surface area contributed by atoms with E-state index in [-0.39, 0.29) is 12.2 Å². The average Bonchev–Trinajstić information content (AvgIpc) is 2.48. The van der Waals surface area contributed by atoms with Crippen LogP contribution in [0.15, 0.2) is 36.4 Å². The van der Waals surface area contributed by atoms with Crippen LogP contribution in [0.3, 0.4) is 0 Å². The van der Waals surface area contributed by atoms with Crippen LogP contribution in [0.4, 0.5) is 0 Å². The summed E-state index contributed by atoms with van der Waals surface area (Å²) in [6.45, 7) is 0. The molecule has 0 bridgehead atoms. The number of ether oxygens (including phenoxy) is 2. The SMILES string of the molecule is COc1cc(C(=O)Cc2ccc(Cl)cc2)cc(Cl)c1OC. The molecule has 3 nitrogen and oxygen atoms in total. The van der Waals surface area contributed by atoms with Crippen molar-refractivity contribution < 1.29 is 14.3 Å². The Morgan fingerprint density at radius 1 is 1.05 bits per heavy atom. The van der Waals surface area contributed by atoms with E-state index in [0.29, 0.717) is 27.1 Å². The van der Waals surface area contributed by atoms with E-state index in [0.717, 1.165) is 5.56 Å². The lowest BCUT2D eigenvalue weighted by atomic mass is 10.0. The van der Waals surface area contributed by atoms with E-state index in [1.165, 1.54) is 14.2 Å². The fourth-order valence-electron chi connectivity index (χ4n) is 1.97. The standard InChI is InChI=1S/C16H14Cl2O3/c1-20-15-9-11(8-13(18)16(15)21-2)14(19)7-10-3-5-12(17)6-4-10/h3-6,8-9H,7H2,1-2H3. The Morgan fingerprint density at radius 3 is 2.29 bits per heavy atom. The molecule has 0 aromatic heterocycles. The number of carbonyl (C=O) groups is 1. The first-order valence-corrected chi connectivity index (χ1v) is 7.00. The molecule has 0 N–H and O–H groups in total. The Balaban J connectivity index is 2.27. The molecule has 0 heterocycles.